The van der Waals surface area contributed by atoms with Crippen molar-refractivity contribution in [1.29, 1.82) is 0 Å². The summed E-state index contributed by atoms with van der Waals surface area (Å²) in [5.41, 5.74) is 7.58. The van der Waals surface area contributed by atoms with Crippen molar-refractivity contribution in [2.75, 3.05) is 11.1 Å². The smallest absolute Gasteiger partial charge is 0.259 e. The van der Waals surface area contributed by atoms with Crippen molar-refractivity contribution >= 4 is 17.3 Å². The molecule has 2 rings (SSSR count). The van der Waals surface area contributed by atoms with E-state index in [9.17, 15) is 14.3 Å². The van der Waals surface area contributed by atoms with E-state index in [-0.39, 0.29) is 5.56 Å². The van der Waals surface area contributed by atoms with Crippen LogP contribution < -0.4 is 11.1 Å². The fourth-order valence-corrected chi connectivity index (χ4v) is 1.68. The fraction of sp³-hybridized carbons (Fsp3) is 0.0714. The van der Waals surface area contributed by atoms with E-state index in [1.54, 1.807) is 25.1 Å². The highest BCUT2D eigenvalue weighted by atomic mass is 19.1. The van der Waals surface area contributed by atoms with Gasteiger partial charge >= 0.3 is 0 Å². The number of carbonyl (C=O) groups excluding carboxylic acids is 1. The number of rotatable bonds is 2. The van der Waals surface area contributed by atoms with Gasteiger partial charge in [-0.3, -0.25) is 4.79 Å². The number of nitrogens with two attached hydrogens (primary N) is 1. The molecule has 2 aromatic carbocycles. The quantitative estimate of drug-likeness (QED) is 0.727. The molecule has 0 fully saturated rings. The molecule has 2 aromatic rings. The standard InChI is InChI=1S/C14H13FN2O2/c1-8-11(16)3-2-4-12(8)17-14(19)10-6-5-9(15)7-13(10)18/h2-7,18H,16H2,1H3,(H,17,19). The largest absolute Gasteiger partial charge is 0.507 e. The summed E-state index contributed by atoms with van der Waals surface area (Å²) < 4.78 is 12.8. The maximum atomic E-state index is 12.8. The minimum absolute atomic E-state index is 0.00299. The van der Waals surface area contributed by atoms with Gasteiger partial charge in [-0.2, -0.15) is 0 Å². The lowest BCUT2D eigenvalue weighted by atomic mass is 10.1. The highest BCUT2D eigenvalue weighted by molar-refractivity contribution is 6.06. The second-order valence-corrected chi connectivity index (χ2v) is 4.14. The lowest BCUT2D eigenvalue weighted by Gasteiger charge is -2.10. The molecule has 0 spiro atoms. The molecule has 19 heavy (non-hydrogen) atoms. The van der Waals surface area contributed by atoms with Gasteiger partial charge in [-0.1, -0.05) is 6.07 Å². The van der Waals surface area contributed by atoms with Crippen LogP contribution in [0.25, 0.3) is 0 Å². The Hall–Kier alpha value is -2.56. The molecule has 0 bridgehead atoms. The molecule has 0 aliphatic carbocycles. The highest BCUT2D eigenvalue weighted by Gasteiger charge is 2.13. The van der Waals surface area contributed by atoms with Crippen molar-refractivity contribution < 1.29 is 14.3 Å². The van der Waals surface area contributed by atoms with Crippen molar-refractivity contribution in [3.8, 4) is 5.75 Å². The molecule has 0 saturated heterocycles. The molecule has 0 aliphatic rings. The van der Waals surface area contributed by atoms with E-state index in [1.807, 2.05) is 0 Å². The molecule has 5 heteroatoms. The molecule has 0 heterocycles. The molecule has 4 nitrogen and oxygen atoms in total. The zero-order valence-corrected chi connectivity index (χ0v) is 10.3. The Balaban J connectivity index is 2.28. The Kier molecular flexibility index (Phi) is 3.37. The van der Waals surface area contributed by atoms with Crippen LogP contribution in [0, 0.1) is 12.7 Å². The van der Waals surface area contributed by atoms with Crippen molar-refractivity contribution in [2.24, 2.45) is 0 Å². The van der Waals surface area contributed by atoms with Gasteiger partial charge in [0.25, 0.3) is 5.91 Å². The number of hydrogen-bond donors (Lipinski definition) is 3. The first-order valence-electron chi connectivity index (χ1n) is 5.64. The lowest BCUT2D eigenvalue weighted by molar-refractivity contribution is 0.102. The molecule has 98 valence electrons. The highest BCUT2D eigenvalue weighted by Crippen LogP contribution is 2.23. The second-order valence-electron chi connectivity index (χ2n) is 4.14. The van der Waals surface area contributed by atoms with E-state index in [4.69, 9.17) is 5.73 Å². The monoisotopic (exact) mass is 260 g/mol. The average molecular weight is 260 g/mol. The maximum Gasteiger partial charge on any atom is 0.259 e. The molecule has 0 saturated carbocycles. The van der Waals surface area contributed by atoms with Crippen LogP contribution in [0.2, 0.25) is 0 Å². The van der Waals surface area contributed by atoms with Crippen LogP contribution in [0.5, 0.6) is 5.75 Å². The first-order valence-corrected chi connectivity index (χ1v) is 5.64. The van der Waals surface area contributed by atoms with E-state index in [0.29, 0.717) is 11.4 Å². The summed E-state index contributed by atoms with van der Waals surface area (Å²) in [5, 5.41) is 12.2. The van der Waals surface area contributed by atoms with E-state index < -0.39 is 17.5 Å². The fourth-order valence-electron chi connectivity index (χ4n) is 1.68. The van der Waals surface area contributed by atoms with Gasteiger partial charge in [-0.05, 0) is 36.8 Å². The van der Waals surface area contributed by atoms with Crippen LogP contribution >= 0.6 is 0 Å². The minimum atomic E-state index is -0.603. The van der Waals surface area contributed by atoms with Gasteiger partial charge in [-0.15, -0.1) is 0 Å². The van der Waals surface area contributed by atoms with Crippen molar-refractivity contribution in [1.82, 2.24) is 0 Å². The van der Waals surface area contributed by atoms with Crippen molar-refractivity contribution in [2.45, 2.75) is 6.92 Å². The summed E-state index contributed by atoms with van der Waals surface area (Å²) in [4.78, 5) is 12.0. The van der Waals surface area contributed by atoms with Crippen LogP contribution in [-0.2, 0) is 0 Å². The molecule has 1 amide bonds. The first kappa shape index (κ1) is 12.9. The molecule has 0 aliphatic heterocycles. The number of halogens is 1. The number of benzene rings is 2. The average Bonchev–Trinajstić information content (AvgIpc) is 2.34. The van der Waals surface area contributed by atoms with Crippen molar-refractivity contribution in [3.05, 3.63) is 53.3 Å². The number of aromatic hydroxyl groups is 1. The number of nitrogen functional groups attached to an aromatic ring is 1. The Morgan fingerprint density at radius 3 is 2.74 bits per heavy atom. The number of hydrogen-bond acceptors (Lipinski definition) is 3. The Morgan fingerprint density at radius 2 is 2.05 bits per heavy atom. The topological polar surface area (TPSA) is 75.3 Å². The van der Waals surface area contributed by atoms with E-state index in [0.717, 1.165) is 17.7 Å². The molecule has 0 aromatic heterocycles. The second kappa shape index (κ2) is 4.97. The number of phenols is 1. The zero-order valence-electron chi connectivity index (χ0n) is 10.3. The summed E-state index contributed by atoms with van der Waals surface area (Å²) in [6.45, 7) is 1.77. The van der Waals surface area contributed by atoms with Gasteiger partial charge in [0.2, 0.25) is 0 Å². The molecular formula is C14H13FN2O2. The number of anilines is 2. The van der Waals surface area contributed by atoms with Gasteiger partial charge in [0.05, 0.1) is 5.56 Å². The van der Waals surface area contributed by atoms with Crippen LogP contribution in [0.15, 0.2) is 36.4 Å². The number of amides is 1. The number of nitrogens with one attached hydrogen (secondary N) is 1. The Morgan fingerprint density at radius 1 is 1.32 bits per heavy atom. The van der Waals surface area contributed by atoms with Crippen LogP contribution in [0.1, 0.15) is 15.9 Å². The lowest BCUT2D eigenvalue weighted by Crippen LogP contribution is -2.13. The molecule has 4 N–H and O–H groups in total. The van der Waals surface area contributed by atoms with Gasteiger partial charge < -0.3 is 16.2 Å². The summed E-state index contributed by atoms with van der Waals surface area (Å²) in [5.74, 6) is -1.53. The van der Waals surface area contributed by atoms with Crippen LogP contribution in [0.3, 0.4) is 0 Å². The van der Waals surface area contributed by atoms with E-state index >= 15 is 0 Å². The molecular weight excluding hydrogens is 247 g/mol. The first-order chi connectivity index (χ1) is 8.99. The predicted octanol–water partition coefficient (Wildman–Crippen LogP) is 2.67. The Labute approximate surface area is 109 Å². The third-order valence-electron chi connectivity index (χ3n) is 2.83. The van der Waals surface area contributed by atoms with Crippen LogP contribution in [0.4, 0.5) is 15.8 Å². The van der Waals surface area contributed by atoms with Crippen LogP contribution in [-0.4, -0.2) is 11.0 Å². The van der Waals surface area contributed by atoms with E-state index in [2.05, 4.69) is 5.32 Å². The molecule has 0 radical (unpaired) electrons. The Bertz CT molecular complexity index is 641. The van der Waals surface area contributed by atoms with Gasteiger partial charge in [0.15, 0.2) is 0 Å². The summed E-state index contributed by atoms with van der Waals surface area (Å²) in [7, 11) is 0. The predicted molar refractivity (Wildman–Crippen MR) is 71.6 cm³/mol. The maximum absolute atomic E-state index is 12.8. The van der Waals surface area contributed by atoms with Gasteiger partial charge in [0, 0.05) is 17.4 Å². The third kappa shape index (κ3) is 2.65. The summed E-state index contributed by atoms with van der Waals surface area (Å²) in [6, 6.07) is 8.36. The van der Waals surface area contributed by atoms with Crippen molar-refractivity contribution in [3.63, 3.8) is 0 Å². The normalized spacial score (nSPS) is 10.2. The number of phenolic OH excluding ortho intramolecular Hbond substituents is 1. The zero-order chi connectivity index (χ0) is 14.0. The van der Waals surface area contributed by atoms with Gasteiger partial charge in [-0.25, -0.2) is 4.39 Å². The van der Waals surface area contributed by atoms with Gasteiger partial charge in [0.1, 0.15) is 11.6 Å². The number of carbonyl (C=O) groups is 1. The summed E-state index contributed by atoms with van der Waals surface area (Å²) in [6.07, 6.45) is 0. The molecule has 0 unspecified atom stereocenters. The third-order valence-corrected chi connectivity index (χ3v) is 2.83. The SMILES string of the molecule is Cc1c(N)cccc1NC(=O)c1ccc(F)cc1O. The van der Waals surface area contributed by atoms with E-state index in [1.165, 1.54) is 6.07 Å². The minimum Gasteiger partial charge on any atom is -0.507 e. The molecule has 0 atom stereocenters. The summed E-state index contributed by atoms with van der Waals surface area (Å²) >= 11 is 0.